The van der Waals surface area contributed by atoms with E-state index < -0.39 is 0 Å². The van der Waals surface area contributed by atoms with Crippen molar-refractivity contribution in [2.45, 2.75) is 19.4 Å². The molecular formula is C25H23N3O3. The van der Waals surface area contributed by atoms with Gasteiger partial charge < -0.3 is 19.6 Å². The predicted octanol–water partition coefficient (Wildman–Crippen LogP) is 4.29. The van der Waals surface area contributed by atoms with E-state index >= 15 is 0 Å². The van der Waals surface area contributed by atoms with E-state index in [0.29, 0.717) is 12.2 Å². The summed E-state index contributed by atoms with van der Waals surface area (Å²) in [5, 5.41) is 1.21. The molecule has 1 amide bonds. The van der Waals surface area contributed by atoms with E-state index in [-0.39, 0.29) is 23.1 Å². The minimum Gasteiger partial charge on any atom is -0.497 e. The first-order chi connectivity index (χ1) is 15.1. The van der Waals surface area contributed by atoms with Crippen molar-refractivity contribution >= 4 is 16.8 Å². The van der Waals surface area contributed by atoms with Crippen LogP contribution in [0.1, 0.15) is 34.6 Å². The Morgan fingerprint density at radius 2 is 1.81 bits per heavy atom. The number of benzene rings is 2. The van der Waals surface area contributed by atoms with E-state index in [9.17, 15) is 9.59 Å². The lowest BCUT2D eigenvalue weighted by molar-refractivity contribution is 0.0673. The molecule has 1 atom stereocenters. The summed E-state index contributed by atoms with van der Waals surface area (Å²) in [5.74, 6) is 0.493. The van der Waals surface area contributed by atoms with Crippen molar-refractivity contribution in [1.29, 1.82) is 0 Å². The van der Waals surface area contributed by atoms with Crippen molar-refractivity contribution in [3.05, 3.63) is 87.8 Å². The van der Waals surface area contributed by atoms with Gasteiger partial charge in [0.15, 0.2) is 0 Å². The number of pyridine rings is 1. The molecule has 6 heteroatoms. The first-order valence-electron chi connectivity index (χ1n) is 10.3. The normalized spacial score (nSPS) is 15.7. The largest absolute Gasteiger partial charge is 0.497 e. The standard InChI is InChI=1S/C25H23N3O3/c1-15-23-19(18-5-3-4-6-22(18)26-23)13-14-28(15)25(30)20-11-12-21(27-24(20)29)16-7-9-17(31-2)10-8-16/h3-12,15,26H,13-14H2,1-2H3,(H,27,29). The monoisotopic (exact) mass is 413 g/mol. The summed E-state index contributed by atoms with van der Waals surface area (Å²) >= 11 is 0. The topological polar surface area (TPSA) is 78.2 Å². The van der Waals surface area contributed by atoms with E-state index in [0.717, 1.165) is 28.9 Å². The molecule has 0 saturated carbocycles. The number of nitrogens with zero attached hydrogens (tertiary/aromatic N) is 1. The number of fused-ring (bicyclic) bond motifs is 3. The SMILES string of the molecule is COc1ccc(-c2ccc(C(=O)N3CCc4c([nH]c5ccccc45)C3C)c(=O)[nH]2)cc1. The number of carbonyl (C=O) groups excluding carboxylic acids is 1. The van der Waals surface area contributed by atoms with Crippen LogP contribution in [0, 0.1) is 0 Å². The quantitative estimate of drug-likeness (QED) is 0.526. The summed E-state index contributed by atoms with van der Waals surface area (Å²) in [6, 6.07) is 18.9. The van der Waals surface area contributed by atoms with Crippen molar-refractivity contribution in [2.75, 3.05) is 13.7 Å². The molecule has 0 fully saturated rings. The van der Waals surface area contributed by atoms with E-state index in [2.05, 4.69) is 22.1 Å². The van der Waals surface area contributed by atoms with Crippen LogP contribution in [0.4, 0.5) is 0 Å². The van der Waals surface area contributed by atoms with Gasteiger partial charge >= 0.3 is 0 Å². The van der Waals surface area contributed by atoms with Gasteiger partial charge in [-0.2, -0.15) is 0 Å². The second kappa shape index (κ2) is 7.47. The third kappa shape index (κ3) is 3.20. The fourth-order valence-corrected chi connectivity index (χ4v) is 4.44. The molecule has 1 aliphatic heterocycles. The van der Waals surface area contributed by atoms with Crippen LogP contribution in [0.15, 0.2) is 65.5 Å². The molecule has 0 saturated heterocycles. The number of nitrogens with one attached hydrogen (secondary N) is 2. The Labute approximate surface area is 179 Å². The number of rotatable bonds is 3. The average molecular weight is 413 g/mol. The highest BCUT2D eigenvalue weighted by atomic mass is 16.5. The Bertz CT molecular complexity index is 1330. The number of ether oxygens (including phenoxy) is 1. The maximum Gasteiger partial charge on any atom is 0.261 e. The Balaban J connectivity index is 1.44. The van der Waals surface area contributed by atoms with Gasteiger partial charge in [-0.3, -0.25) is 9.59 Å². The van der Waals surface area contributed by atoms with Crippen molar-refractivity contribution in [3.63, 3.8) is 0 Å². The lowest BCUT2D eigenvalue weighted by Gasteiger charge is -2.33. The maximum absolute atomic E-state index is 13.3. The summed E-state index contributed by atoms with van der Waals surface area (Å²) in [6.07, 6.45) is 0.761. The Morgan fingerprint density at radius 3 is 2.55 bits per heavy atom. The second-order valence-corrected chi connectivity index (χ2v) is 7.83. The van der Waals surface area contributed by atoms with Crippen molar-refractivity contribution in [1.82, 2.24) is 14.9 Å². The van der Waals surface area contributed by atoms with Crippen molar-refractivity contribution < 1.29 is 9.53 Å². The third-order valence-electron chi connectivity index (χ3n) is 6.14. The molecule has 1 aliphatic rings. The summed E-state index contributed by atoms with van der Waals surface area (Å²) in [6.45, 7) is 2.58. The number of hydrogen-bond acceptors (Lipinski definition) is 3. The van der Waals surface area contributed by atoms with Gasteiger partial charge in [0.25, 0.3) is 11.5 Å². The lowest BCUT2D eigenvalue weighted by atomic mass is 9.97. The van der Waals surface area contributed by atoms with E-state index in [1.54, 1.807) is 24.1 Å². The van der Waals surface area contributed by atoms with Crippen LogP contribution >= 0.6 is 0 Å². The zero-order chi connectivity index (χ0) is 21.5. The first kappa shape index (κ1) is 19.2. The van der Waals surface area contributed by atoms with Crippen LogP contribution in [0.5, 0.6) is 5.75 Å². The number of para-hydroxylation sites is 1. The molecule has 156 valence electrons. The molecule has 2 aromatic heterocycles. The molecule has 4 aromatic rings. The highest BCUT2D eigenvalue weighted by Gasteiger charge is 2.31. The van der Waals surface area contributed by atoms with Crippen LogP contribution in [0.25, 0.3) is 22.2 Å². The fourth-order valence-electron chi connectivity index (χ4n) is 4.44. The van der Waals surface area contributed by atoms with E-state index in [1.807, 2.05) is 43.3 Å². The highest BCUT2D eigenvalue weighted by molar-refractivity contribution is 5.95. The van der Waals surface area contributed by atoms with Gasteiger partial charge in [0.2, 0.25) is 0 Å². The third-order valence-corrected chi connectivity index (χ3v) is 6.14. The zero-order valence-corrected chi connectivity index (χ0v) is 17.4. The van der Waals surface area contributed by atoms with Gasteiger partial charge in [-0.05, 0) is 66.9 Å². The van der Waals surface area contributed by atoms with Crippen LogP contribution in [-0.4, -0.2) is 34.4 Å². The first-order valence-corrected chi connectivity index (χ1v) is 10.3. The molecule has 3 heterocycles. The van der Waals surface area contributed by atoms with Gasteiger partial charge in [0, 0.05) is 28.8 Å². The molecular weight excluding hydrogens is 390 g/mol. The van der Waals surface area contributed by atoms with Crippen LogP contribution in [-0.2, 0) is 6.42 Å². The maximum atomic E-state index is 13.3. The van der Waals surface area contributed by atoms with Crippen molar-refractivity contribution in [3.8, 4) is 17.0 Å². The van der Waals surface area contributed by atoms with Gasteiger partial charge in [-0.25, -0.2) is 0 Å². The summed E-state index contributed by atoms with van der Waals surface area (Å²) in [5.41, 5.74) is 4.68. The Hall–Kier alpha value is -3.80. The van der Waals surface area contributed by atoms with Gasteiger partial charge in [-0.1, -0.05) is 18.2 Å². The van der Waals surface area contributed by atoms with E-state index in [4.69, 9.17) is 4.74 Å². The number of aromatic nitrogens is 2. The molecule has 31 heavy (non-hydrogen) atoms. The Kier molecular flexibility index (Phi) is 4.62. The summed E-state index contributed by atoms with van der Waals surface area (Å²) in [7, 11) is 1.61. The molecule has 0 spiro atoms. The number of amides is 1. The lowest BCUT2D eigenvalue weighted by Crippen LogP contribution is -2.41. The van der Waals surface area contributed by atoms with Crippen LogP contribution in [0.2, 0.25) is 0 Å². The smallest absolute Gasteiger partial charge is 0.261 e. The molecule has 0 aliphatic carbocycles. The number of methoxy groups -OCH3 is 1. The Morgan fingerprint density at radius 1 is 1.03 bits per heavy atom. The molecule has 1 unspecified atom stereocenters. The number of H-pyrrole nitrogens is 2. The summed E-state index contributed by atoms with van der Waals surface area (Å²) < 4.78 is 5.18. The van der Waals surface area contributed by atoms with Gasteiger partial charge in [-0.15, -0.1) is 0 Å². The molecule has 0 bridgehead atoms. The zero-order valence-electron chi connectivity index (χ0n) is 17.4. The molecule has 5 rings (SSSR count). The second-order valence-electron chi connectivity index (χ2n) is 7.83. The minimum absolute atomic E-state index is 0.135. The average Bonchev–Trinajstić information content (AvgIpc) is 3.19. The summed E-state index contributed by atoms with van der Waals surface area (Å²) in [4.78, 5) is 34.1. The minimum atomic E-state index is -0.382. The van der Waals surface area contributed by atoms with Gasteiger partial charge in [0.05, 0.1) is 13.2 Å². The molecule has 2 N–H and O–H groups in total. The van der Waals surface area contributed by atoms with Crippen LogP contribution in [0.3, 0.4) is 0 Å². The van der Waals surface area contributed by atoms with E-state index in [1.165, 1.54) is 10.9 Å². The van der Waals surface area contributed by atoms with Crippen LogP contribution < -0.4 is 10.3 Å². The fraction of sp³-hybridized carbons (Fsp3) is 0.200. The number of aromatic amines is 2. The molecule has 0 radical (unpaired) electrons. The van der Waals surface area contributed by atoms with Gasteiger partial charge in [0.1, 0.15) is 11.3 Å². The highest BCUT2D eigenvalue weighted by Crippen LogP contribution is 2.34. The number of hydrogen-bond donors (Lipinski definition) is 2. The predicted molar refractivity (Wildman–Crippen MR) is 121 cm³/mol. The molecule has 6 nitrogen and oxygen atoms in total. The number of carbonyl (C=O) groups is 1. The van der Waals surface area contributed by atoms with Crippen molar-refractivity contribution in [2.24, 2.45) is 0 Å². The molecule has 2 aromatic carbocycles.